The van der Waals surface area contributed by atoms with Crippen LogP contribution in [0.25, 0.3) is 0 Å². The van der Waals surface area contributed by atoms with Gasteiger partial charge in [0.05, 0.1) is 11.9 Å². The lowest BCUT2D eigenvalue weighted by molar-refractivity contribution is 0.874. The van der Waals surface area contributed by atoms with E-state index in [-0.39, 0.29) is 0 Å². The molecule has 0 bridgehead atoms. The molecule has 0 aliphatic rings. The SMILES string of the molecule is CC.Cc1cnc(C)nn1. The molecular weight excluding hydrogens is 126 g/mol. The number of hydrogen-bond donors (Lipinski definition) is 0. The van der Waals surface area contributed by atoms with Crippen molar-refractivity contribution in [1.29, 1.82) is 0 Å². The summed E-state index contributed by atoms with van der Waals surface area (Å²) in [5.41, 5.74) is 0.857. The highest BCUT2D eigenvalue weighted by Crippen LogP contribution is 1.84. The molecule has 0 amide bonds. The van der Waals surface area contributed by atoms with Crippen LogP contribution in [-0.2, 0) is 0 Å². The van der Waals surface area contributed by atoms with Gasteiger partial charge in [-0.2, -0.15) is 5.10 Å². The minimum absolute atomic E-state index is 0.718. The van der Waals surface area contributed by atoms with Gasteiger partial charge in [0, 0.05) is 0 Å². The van der Waals surface area contributed by atoms with E-state index >= 15 is 0 Å². The van der Waals surface area contributed by atoms with E-state index in [1.807, 2.05) is 27.7 Å². The fourth-order valence-corrected chi connectivity index (χ4v) is 0.390. The van der Waals surface area contributed by atoms with Gasteiger partial charge in [-0.1, -0.05) is 13.8 Å². The van der Waals surface area contributed by atoms with Gasteiger partial charge in [-0.15, -0.1) is 5.10 Å². The molecule has 0 spiro atoms. The summed E-state index contributed by atoms with van der Waals surface area (Å²) < 4.78 is 0. The topological polar surface area (TPSA) is 38.7 Å². The molecule has 0 fully saturated rings. The van der Waals surface area contributed by atoms with Crippen molar-refractivity contribution in [2.75, 3.05) is 0 Å². The van der Waals surface area contributed by atoms with E-state index in [2.05, 4.69) is 15.2 Å². The molecule has 0 aliphatic carbocycles. The summed E-state index contributed by atoms with van der Waals surface area (Å²) in [7, 11) is 0. The Kier molecular flexibility index (Phi) is 4.37. The van der Waals surface area contributed by atoms with Crippen LogP contribution in [0.2, 0.25) is 0 Å². The molecule has 0 N–H and O–H groups in total. The van der Waals surface area contributed by atoms with Crippen molar-refractivity contribution in [2.45, 2.75) is 27.7 Å². The van der Waals surface area contributed by atoms with Gasteiger partial charge in [0.2, 0.25) is 0 Å². The summed E-state index contributed by atoms with van der Waals surface area (Å²) in [6.45, 7) is 7.67. The van der Waals surface area contributed by atoms with Gasteiger partial charge in [0.15, 0.2) is 0 Å². The zero-order valence-corrected chi connectivity index (χ0v) is 6.92. The van der Waals surface area contributed by atoms with E-state index in [9.17, 15) is 0 Å². The highest BCUT2D eigenvalue weighted by Gasteiger charge is 1.84. The van der Waals surface area contributed by atoms with Crippen LogP contribution in [0.15, 0.2) is 6.20 Å². The van der Waals surface area contributed by atoms with Crippen LogP contribution in [0.5, 0.6) is 0 Å². The molecule has 0 saturated carbocycles. The maximum Gasteiger partial charge on any atom is 0.147 e. The van der Waals surface area contributed by atoms with E-state index in [0.29, 0.717) is 0 Å². The van der Waals surface area contributed by atoms with Crippen LogP contribution in [0.3, 0.4) is 0 Å². The van der Waals surface area contributed by atoms with Crippen molar-refractivity contribution in [1.82, 2.24) is 15.2 Å². The second-order valence-corrected chi connectivity index (χ2v) is 1.65. The van der Waals surface area contributed by atoms with E-state index in [1.54, 1.807) is 6.20 Å². The third kappa shape index (κ3) is 3.12. The molecule has 56 valence electrons. The van der Waals surface area contributed by atoms with Gasteiger partial charge in [0.1, 0.15) is 5.82 Å². The number of aromatic nitrogens is 3. The smallest absolute Gasteiger partial charge is 0.147 e. The van der Waals surface area contributed by atoms with Crippen LogP contribution in [0, 0.1) is 13.8 Å². The maximum atomic E-state index is 3.91. The first-order valence-corrected chi connectivity index (χ1v) is 3.42. The Morgan fingerprint density at radius 1 is 1.10 bits per heavy atom. The third-order valence-corrected chi connectivity index (χ3v) is 0.791. The number of rotatable bonds is 0. The molecule has 0 saturated heterocycles. The summed E-state index contributed by atoms with van der Waals surface area (Å²) in [6, 6.07) is 0. The van der Waals surface area contributed by atoms with Gasteiger partial charge in [-0.3, -0.25) is 0 Å². The van der Waals surface area contributed by atoms with Gasteiger partial charge < -0.3 is 0 Å². The number of nitrogens with zero attached hydrogens (tertiary/aromatic N) is 3. The van der Waals surface area contributed by atoms with E-state index in [1.165, 1.54) is 0 Å². The first-order valence-electron chi connectivity index (χ1n) is 3.42. The Balaban J connectivity index is 0.000000371. The van der Waals surface area contributed by atoms with Crippen molar-refractivity contribution >= 4 is 0 Å². The Hall–Kier alpha value is -0.990. The fraction of sp³-hybridized carbons (Fsp3) is 0.571. The molecule has 0 aromatic carbocycles. The van der Waals surface area contributed by atoms with Crippen molar-refractivity contribution in [3.8, 4) is 0 Å². The number of aryl methyl sites for hydroxylation is 2. The Bertz CT molecular complexity index is 148. The normalized spacial score (nSPS) is 8.00. The highest BCUT2D eigenvalue weighted by molar-refractivity contribution is 4.88. The Labute approximate surface area is 61.5 Å². The van der Waals surface area contributed by atoms with Crippen LogP contribution >= 0.6 is 0 Å². The molecule has 1 aromatic heterocycles. The van der Waals surface area contributed by atoms with E-state index in [4.69, 9.17) is 0 Å². The monoisotopic (exact) mass is 139 g/mol. The maximum absolute atomic E-state index is 3.91. The standard InChI is InChI=1S/C5H7N3.C2H6/c1-4-3-6-5(2)8-7-4;1-2/h3H,1-2H3;1-2H3. The van der Waals surface area contributed by atoms with E-state index in [0.717, 1.165) is 11.5 Å². The lowest BCUT2D eigenvalue weighted by atomic mass is 10.5. The molecular formula is C7H13N3. The highest BCUT2D eigenvalue weighted by atomic mass is 15.1. The summed E-state index contributed by atoms with van der Waals surface area (Å²) in [6.07, 6.45) is 1.70. The molecule has 3 nitrogen and oxygen atoms in total. The molecule has 0 aliphatic heterocycles. The van der Waals surface area contributed by atoms with Crippen LogP contribution in [0.1, 0.15) is 25.4 Å². The van der Waals surface area contributed by atoms with Gasteiger partial charge in [-0.25, -0.2) is 4.98 Å². The van der Waals surface area contributed by atoms with Gasteiger partial charge in [0.25, 0.3) is 0 Å². The summed E-state index contributed by atoms with van der Waals surface area (Å²) >= 11 is 0. The van der Waals surface area contributed by atoms with Crippen LogP contribution in [0.4, 0.5) is 0 Å². The quantitative estimate of drug-likeness (QED) is 0.547. The van der Waals surface area contributed by atoms with Crippen LogP contribution in [-0.4, -0.2) is 15.2 Å². The largest absolute Gasteiger partial charge is 0.238 e. The Morgan fingerprint density at radius 3 is 2.00 bits per heavy atom. The number of hydrogen-bond acceptors (Lipinski definition) is 3. The summed E-state index contributed by atoms with van der Waals surface area (Å²) in [5, 5.41) is 7.48. The van der Waals surface area contributed by atoms with E-state index < -0.39 is 0 Å². The molecule has 0 radical (unpaired) electrons. The van der Waals surface area contributed by atoms with Crippen molar-refractivity contribution < 1.29 is 0 Å². The molecule has 0 atom stereocenters. The minimum Gasteiger partial charge on any atom is -0.238 e. The van der Waals surface area contributed by atoms with Crippen molar-refractivity contribution in [3.05, 3.63) is 17.7 Å². The zero-order chi connectivity index (χ0) is 7.98. The second kappa shape index (κ2) is 4.85. The molecule has 1 heterocycles. The van der Waals surface area contributed by atoms with Gasteiger partial charge >= 0.3 is 0 Å². The predicted molar refractivity (Wildman–Crippen MR) is 40.6 cm³/mol. The first-order chi connectivity index (χ1) is 4.79. The fourth-order valence-electron chi connectivity index (χ4n) is 0.390. The zero-order valence-electron chi connectivity index (χ0n) is 6.92. The third-order valence-electron chi connectivity index (χ3n) is 0.791. The van der Waals surface area contributed by atoms with Crippen molar-refractivity contribution in [3.63, 3.8) is 0 Å². The molecule has 1 rings (SSSR count). The van der Waals surface area contributed by atoms with Gasteiger partial charge in [-0.05, 0) is 13.8 Å². The summed E-state index contributed by atoms with van der Waals surface area (Å²) in [4.78, 5) is 3.91. The average Bonchev–Trinajstić information content (AvgIpc) is 2.00. The summed E-state index contributed by atoms with van der Waals surface area (Å²) in [5.74, 6) is 0.718. The lowest BCUT2D eigenvalue weighted by Crippen LogP contribution is -1.91. The second-order valence-electron chi connectivity index (χ2n) is 1.65. The lowest BCUT2D eigenvalue weighted by Gasteiger charge is -1.86. The minimum atomic E-state index is 0.718. The average molecular weight is 139 g/mol. The molecule has 0 unspecified atom stereocenters. The molecule has 3 heteroatoms. The molecule has 10 heavy (non-hydrogen) atoms. The molecule has 1 aromatic rings. The Morgan fingerprint density at radius 2 is 1.70 bits per heavy atom. The predicted octanol–water partition coefficient (Wildman–Crippen LogP) is 1.51. The van der Waals surface area contributed by atoms with Crippen molar-refractivity contribution in [2.24, 2.45) is 0 Å². The van der Waals surface area contributed by atoms with Crippen LogP contribution < -0.4 is 0 Å². The first kappa shape index (κ1) is 9.01.